The van der Waals surface area contributed by atoms with E-state index in [0.717, 1.165) is 26.2 Å². The molecule has 0 spiro atoms. The van der Waals surface area contributed by atoms with Crippen LogP contribution in [0.1, 0.15) is 52.3 Å². The lowest BCUT2D eigenvalue weighted by Gasteiger charge is -2.47. The molecule has 2 atom stereocenters. The minimum absolute atomic E-state index is 0.474. The maximum Gasteiger partial charge on any atom is 0.122 e. The summed E-state index contributed by atoms with van der Waals surface area (Å²) in [5.74, 6) is 1.24. The van der Waals surface area contributed by atoms with E-state index in [-0.39, 0.29) is 0 Å². The van der Waals surface area contributed by atoms with E-state index < -0.39 is 0 Å². The third-order valence-corrected chi connectivity index (χ3v) is 5.26. The number of rotatable bonds is 4. The molecule has 1 saturated carbocycles. The lowest BCUT2D eigenvalue weighted by Crippen LogP contribution is -2.56. The van der Waals surface area contributed by atoms with Crippen molar-refractivity contribution >= 4 is 0 Å². The summed E-state index contributed by atoms with van der Waals surface area (Å²) in [6.07, 6.45) is 9.23. The van der Waals surface area contributed by atoms with Gasteiger partial charge in [-0.15, -0.1) is 0 Å². The van der Waals surface area contributed by atoms with Gasteiger partial charge in [0.15, 0.2) is 0 Å². The van der Waals surface area contributed by atoms with Crippen LogP contribution in [-0.4, -0.2) is 39.6 Å². The fourth-order valence-corrected chi connectivity index (χ4v) is 3.98. The van der Waals surface area contributed by atoms with Crippen LogP contribution >= 0.6 is 0 Å². The zero-order valence-corrected chi connectivity index (χ0v) is 13.8. The second-order valence-electron chi connectivity index (χ2n) is 7.54. The Balaban J connectivity index is 1.72. The highest BCUT2D eigenvalue weighted by Gasteiger charge is 2.38. The van der Waals surface area contributed by atoms with E-state index in [9.17, 15) is 0 Å². The largest absolute Gasteiger partial charge is 0.333 e. The molecule has 2 heterocycles. The van der Waals surface area contributed by atoms with Crippen LogP contribution < -0.4 is 5.32 Å². The molecule has 118 valence electrons. The monoisotopic (exact) mass is 290 g/mol. The fraction of sp³-hybridized carbons (Fsp3) is 0.824. The number of aromatic nitrogens is 2. The van der Waals surface area contributed by atoms with Crippen molar-refractivity contribution in [1.82, 2.24) is 19.8 Å². The molecule has 0 saturated heterocycles. The molecular weight excluding hydrogens is 260 g/mol. The first kappa shape index (κ1) is 15.0. The Kier molecular flexibility index (Phi) is 4.36. The molecule has 1 N–H and O–H groups in total. The van der Waals surface area contributed by atoms with E-state index in [0.29, 0.717) is 17.5 Å². The molecule has 2 aliphatic rings. The number of nitrogens with zero attached hydrogens (tertiary/aromatic N) is 3. The van der Waals surface area contributed by atoms with Gasteiger partial charge >= 0.3 is 0 Å². The Morgan fingerprint density at radius 3 is 3.05 bits per heavy atom. The normalized spacial score (nSPS) is 29.3. The van der Waals surface area contributed by atoms with Crippen LogP contribution in [0.25, 0.3) is 0 Å². The summed E-state index contributed by atoms with van der Waals surface area (Å²) in [5.41, 5.74) is 0.474. The number of imidazole rings is 1. The first-order valence-corrected chi connectivity index (χ1v) is 8.56. The summed E-state index contributed by atoms with van der Waals surface area (Å²) in [4.78, 5) is 7.20. The standard InChI is InChI=1S/C17H30N4/c1-4-7-18-14-5-6-17(2,3)12-15(14)21-11-10-20-9-8-19-16(20)13-21/h8-9,14-15,18H,4-7,10-13H2,1-3H3. The fourth-order valence-electron chi connectivity index (χ4n) is 3.98. The van der Waals surface area contributed by atoms with Crippen molar-refractivity contribution in [2.75, 3.05) is 13.1 Å². The van der Waals surface area contributed by atoms with Crippen LogP contribution in [-0.2, 0) is 13.1 Å². The van der Waals surface area contributed by atoms with Gasteiger partial charge in [0.2, 0.25) is 0 Å². The van der Waals surface area contributed by atoms with Crippen LogP contribution in [0, 0.1) is 5.41 Å². The molecule has 1 aromatic rings. The van der Waals surface area contributed by atoms with Crippen molar-refractivity contribution in [3.63, 3.8) is 0 Å². The molecule has 0 amide bonds. The lowest BCUT2D eigenvalue weighted by molar-refractivity contribution is 0.0463. The molecule has 4 heteroatoms. The molecule has 0 radical (unpaired) electrons. The van der Waals surface area contributed by atoms with Crippen LogP contribution in [0.5, 0.6) is 0 Å². The molecule has 1 aliphatic heterocycles. The summed E-state index contributed by atoms with van der Waals surface area (Å²) in [7, 11) is 0. The Bertz CT molecular complexity index is 465. The second-order valence-corrected chi connectivity index (χ2v) is 7.54. The highest BCUT2D eigenvalue weighted by Crippen LogP contribution is 2.38. The highest BCUT2D eigenvalue weighted by atomic mass is 15.3. The molecular formula is C17H30N4. The van der Waals surface area contributed by atoms with E-state index in [1.165, 1.54) is 31.5 Å². The molecule has 3 rings (SSSR count). The topological polar surface area (TPSA) is 33.1 Å². The van der Waals surface area contributed by atoms with Crippen molar-refractivity contribution in [1.29, 1.82) is 0 Å². The van der Waals surface area contributed by atoms with Crippen molar-refractivity contribution < 1.29 is 0 Å². The van der Waals surface area contributed by atoms with E-state index in [1.54, 1.807) is 0 Å². The van der Waals surface area contributed by atoms with Crippen LogP contribution in [0.3, 0.4) is 0 Å². The van der Waals surface area contributed by atoms with E-state index in [4.69, 9.17) is 0 Å². The Morgan fingerprint density at radius 2 is 2.24 bits per heavy atom. The van der Waals surface area contributed by atoms with E-state index >= 15 is 0 Å². The van der Waals surface area contributed by atoms with E-state index in [1.807, 2.05) is 6.20 Å². The Morgan fingerprint density at radius 1 is 1.38 bits per heavy atom. The average Bonchev–Trinajstić information content (AvgIpc) is 2.92. The third-order valence-electron chi connectivity index (χ3n) is 5.26. The van der Waals surface area contributed by atoms with Gasteiger partial charge in [0.05, 0.1) is 6.54 Å². The molecule has 4 nitrogen and oxygen atoms in total. The van der Waals surface area contributed by atoms with Crippen LogP contribution in [0.4, 0.5) is 0 Å². The zero-order chi connectivity index (χ0) is 14.9. The van der Waals surface area contributed by atoms with Gasteiger partial charge in [-0.3, -0.25) is 4.90 Å². The van der Waals surface area contributed by atoms with E-state index in [2.05, 4.69) is 46.7 Å². The molecule has 2 unspecified atom stereocenters. The number of fused-ring (bicyclic) bond motifs is 1. The van der Waals surface area contributed by atoms with Gasteiger partial charge in [-0.1, -0.05) is 20.8 Å². The summed E-state index contributed by atoms with van der Waals surface area (Å²) in [6, 6.07) is 1.31. The van der Waals surface area contributed by atoms with Gasteiger partial charge in [0.1, 0.15) is 5.82 Å². The smallest absolute Gasteiger partial charge is 0.122 e. The maximum absolute atomic E-state index is 4.53. The number of nitrogens with one attached hydrogen (secondary N) is 1. The van der Waals surface area contributed by atoms with Crippen molar-refractivity contribution in [3.05, 3.63) is 18.2 Å². The SMILES string of the molecule is CCCNC1CCC(C)(C)CC1N1CCn2ccnc2C1. The molecule has 1 fully saturated rings. The molecule has 21 heavy (non-hydrogen) atoms. The molecule has 1 aliphatic carbocycles. The lowest BCUT2D eigenvalue weighted by atomic mass is 9.72. The quantitative estimate of drug-likeness (QED) is 0.925. The number of hydrogen-bond acceptors (Lipinski definition) is 3. The maximum atomic E-state index is 4.53. The minimum atomic E-state index is 0.474. The molecule has 0 aromatic carbocycles. The average molecular weight is 290 g/mol. The summed E-state index contributed by atoms with van der Waals surface area (Å²) >= 11 is 0. The summed E-state index contributed by atoms with van der Waals surface area (Å²) in [6.45, 7) is 11.5. The summed E-state index contributed by atoms with van der Waals surface area (Å²) < 4.78 is 2.30. The predicted molar refractivity (Wildman–Crippen MR) is 86.1 cm³/mol. The first-order chi connectivity index (χ1) is 10.1. The van der Waals surface area contributed by atoms with Gasteiger partial charge in [0, 0.05) is 37.6 Å². The Hall–Kier alpha value is -0.870. The zero-order valence-electron chi connectivity index (χ0n) is 13.8. The van der Waals surface area contributed by atoms with Crippen molar-refractivity contribution in [3.8, 4) is 0 Å². The Labute approximate surface area is 128 Å². The van der Waals surface area contributed by atoms with Gasteiger partial charge in [0.25, 0.3) is 0 Å². The third kappa shape index (κ3) is 3.32. The van der Waals surface area contributed by atoms with Gasteiger partial charge in [-0.2, -0.15) is 0 Å². The van der Waals surface area contributed by atoms with Gasteiger partial charge in [-0.25, -0.2) is 4.98 Å². The van der Waals surface area contributed by atoms with Gasteiger partial charge < -0.3 is 9.88 Å². The second kappa shape index (κ2) is 6.09. The van der Waals surface area contributed by atoms with Crippen molar-refractivity contribution in [2.24, 2.45) is 5.41 Å². The predicted octanol–water partition coefficient (Wildman–Crippen LogP) is 2.65. The minimum Gasteiger partial charge on any atom is -0.333 e. The van der Waals surface area contributed by atoms with Gasteiger partial charge in [-0.05, 0) is 37.6 Å². The number of hydrogen-bond donors (Lipinski definition) is 1. The first-order valence-electron chi connectivity index (χ1n) is 8.56. The van der Waals surface area contributed by atoms with Crippen LogP contribution in [0.15, 0.2) is 12.4 Å². The molecule has 0 bridgehead atoms. The summed E-state index contributed by atoms with van der Waals surface area (Å²) in [5, 5.41) is 3.81. The van der Waals surface area contributed by atoms with Crippen molar-refractivity contribution in [2.45, 2.75) is 71.6 Å². The molecule has 1 aromatic heterocycles. The highest BCUT2D eigenvalue weighted by molar-refractivity contribution is 5.01. The van der Waals surface area contributed by atoms with Crippen LogP contribution in [0.2, 0.25) is 0 Å².